The van der Waals surface area contributed by atoms with Gasteiger partial charge in [-0.1, -0.05) is 0 Å². The molecule has 7 heteroatoms. The van der Waals surface area contributed by atoms with Crippen molar-refractivity contribution in [1.82, 2.24) is 0 Å². The Balaban J connectivity index is 3.27. The van der Waals surface area contributed by atoms with Gasteiger partial charge in [-0.3, -0.25) is 0 Å². The zero-order chi connectivity index (χ0) is 13.0. The highest BCUT2D eigenvalue weighted by Crippen LogP contribution is 2.50. The molecule has 94 valence electrons. The number of carbonyl (C=O) groups is 1. The maximum Gasteiger partial charge on any atom is 0.455 e. The first-order chi connectivity index (χ1) is 6.86. The Bertz CT molecular complexity index is 303. The Hall–Kier alpha value is -0.820. The van der Waals surface area contributed by atoms with Crippen LogP contribution in [0, 0.1) is 0 Å². The van der Waals surface area contributed by atoms with Crippen LogP contribution in [-0.2, 0) is 14.3 Å². The van der Waals surface area contributed by atoms with Gasteiger partial charge in [0.05, 0.1) is 11.2 Å². The highest BCUT2D eigenvalue weighted by molar-refractivity contribution is 5.77. The van der Waals surface area contributed by atoms with Crippen LogP contribution in [0.1, 0.15) is 27.7 Å². The van der Waals surface area contributed by atoms with Gasteiger partial charge in [0.1, 0.15) is 0 Å². The van der Waals surface area contributed by atoms with E-state index in [0.717, 1.165) is 0 Å². The van der Waals surface area contributed by atoms with Crippen molar-refractivity contribution in [3.8, 4) is 0 Å². The molecule has 1 heterocycles. The van der Waals surface area contributed by atoms with Crippen molar-refractivity contribution < 1.29 is 32.5 Å². The molecule has 1 rings (SSSR count). The molecule has 16 heavy (non-hydrogen) atoms. The minimum atomic E-state index is -5.14. The molecule has 0 unspecified atom stereocenters. The molecule has 0 aromatic rings. The molecule has 1 aliphatic heterocycles. The van der Waals surface area contributed by atoms with Gasteiger partial charge in [0.25, 0.3) is 0 Å². The molecule has 0 aliphatic carbocycles. The Morgan fingerprint density at radius 3 is 1.50 bits per heavy atom. The third-order valence-corrected chi connectivity index (χ3v) is 2.90. The summed E-state index contributed by atoms with van der Waals surface area (Å²) < 4.78 is 47.4. The molecule has 0 aromatic heterocycles. The summed E-state index contributed by atoms with van der Waals surface area (Å²) in [5, 5.41) is 8.69. The number of hydrogen-bond acceptors (Lipinski definition) is 3. The molecular formula is C9H13F3O4. The molecule has 0 spiro atoms. The molecule has 0 aromatic carbocycles. The lowest BCUT2D eigenvalue weighted by Crippen LogP contribution is -2.54. The van der Waals surface area contributed by atoms with Crippen LogP contribution in [0.5, 0.6) is 0 Å². The van der Waals surface area contributed by atoms with Gasteiger partial charge in [-0.2, -0.15) is 13.2 Å². The van der Waals surface area contributed by atoms with Crippen LogP contribution in [-0.4, -0.2) is 34.2 Å². The number of ether oxygens (including phenoxy) is 2. The number of alkyl halides is 3. The van der Waals surface area contributed by atoms with Gasteiger partial charge >= 0.3 is 17.9 Å². The zero-order valence-electron chi connectivity index (χ0n) is 9.31. The molecule has 1 aliphatic rings. The van der Waals surface area contributed by atoms with Crippen LogP contribution in [0.2, 0.25) is 0 Å². The van der Waals surface area contributed by atoms with E-state index < -0.39 is 29.1 Å². The van der Waals surface area contributed by atoms with Crippen molar-refractivity contribution in [2.24, 2.45) is 0 Å². The van der Waals surface area contributed by atoms with E-state index in [4.69, 9.17) is 5.11 Å². The molecule has 0 atom stereocenters. The number of carboxylic acid groups (broad SMARTS) is 1. The van der Waals surface area contributed by atoms with E-state index in [9.17, 15) is 18.0 Å². The normalized spacial score (nSPS) is 26.7. The van der Waals surface area contributed by atoms with Gasteiger partial charge in [-0.25, -0.2) is 4.79 Å². The summed E-state index contributed by atoms with van der Waals surface area (Å²) in [7, 11) is 0. The maximum absolute atomic E-state index is 12.7. The van der Waals surface area contributed by atoms with Gasteiger partial charge < -0.3 is 14.6 Å². The minimum Gasteiger partial charge on any atom is -0.477 e. The fourth-order valence-electron chi connectivity index (χ4n) is 1.31. The molecule has 0 saturated carbocycles. The summed E-state index contributed by atoms with van der Waals surface area (Å²) >= 11 is 0. The van der Waals surface area contributed by atoms with E-state index >= 15 is 0 Å². The fourth-order valence-corrected chi connectivity index (χ4v) is 1.31. The molecule has 1 N–H and O–H groups in total. The first kappa shape index (κ1) is 13.2. The monoisotopic (exact) mass is 242 g/mol. The van der Waals surface area contributed by atoms with E-state index in [2.05, 4.69) is 9.47 Å². The summed E-state index contributed by atoms with van der Waals surface area (Å²) in [6.45, 7) is 5.40. The molecule has 4 nitrogen and oxygen atoms in total. The number of halogens is 3. The first-order valence-corrected chi connectivity index (χ1v) is 4.56. The number of aliphatic carboxylic acids is 1. The lowest BCUT2D eigenvalue weighted by Gasteiger charge is -2.29. The van der Waals surface area contributed by atoms with E-state index in [0.29, 0.717) is 0 Å². The van der Waals surface area contributed by atoms with E-state index in [1.807, 2.05) is 0 Å². The van der Waals surface area contributed by atoms with Gasteiger partial charge in [0, 0.05) is 0 Å². The van der Waals surface area contributed by atoms with E-state index in [1.165, 1.54) is 27.7 Å². The van der Waals surface area contributed by atoms with Gasteiger partial charge in [-0.05, 0) is 27.7 Å². The van der Waals surface area contributed by atoms with Crippen LogP contribution in [0.15, 0.2) is 0 Å². The van der Waals surface area contributed by atoms with Crippen LogP contribution in [0.4, 0.5) is 13.2 Å². The van der Waals surface area contributed by atoms with Crippen LogP contribution in [0.25, 0.3) is 0 Å². The molecular weight excluding hydrogens is 229 g/mol. The summed E-state index contributed by atoms with van der Waals surface area (Å²) in [5.74, 6) is -5.78. The SMILES string of the molecule is CC1(C)OC(C(=O)O)(C(F)(F)F)OC1(C)C. The Labute approximate surface area is 90.3 Å². The standard InChI is InChI=1S/C9H13F3O4/c1-6(2)7(3,4)16-8(15-6,5(13)14)9(10,11)12/h1-4H3,(H,13,14). The number of hydrogen-bond donors (Lipinski definition) is 1. The topological polar surface area (TPSA) is 55.8 Å². The number of rotatable bonds is 1. The zero-order valence-corrected chi connectivity index (χ0v) is 9.31. The van der Waals surface area contributed by atoms with Crippen LogP contribution >= 0.6 is 0 Å². The molecule has 0 bridgehead atoms. The van der Waals surface area contributed by atoms with E-state index in [-0.39, 0.29) is 0 Å². The van der Waals surface area contributed by atoms with Crippen molar-refractivity contribution in [3.63, 3.8) is 0 Å². The van der Waals surface area contributed by atoms with Gasteiger partial charge in [0.15, 0.2) is 0 Å². The van der Waals surface area contributed by atoms with Crippen molar-refractivity contribution >= 4 is 5.97 Å². The Kier molecular flexibility index (Phi) is 2.57. The summed E-state index contributed by atoms with van der Waals surface area (Å²) in [6.07, 6.45) is -5.14. The van der Waals surface area contributed by atoms with Crippen molar-refractivity contribution in [2.45, 2.75) is 50.9 Å². The Morgan fingerprint density at radius 2 is 1.38 bits per heavy atom. The average molecular weight is 242 g/mol. The second kappa shape index (κ2) is 3.10. The quantitative estimate of drug-likeness (QED) is 0.763. The molecule has 0 amide bonds. The lowest BCUT2D eigenvalue weighted by molar-refractivity contribution is -0.345. The van der Waals surface area contributed by atoms with Crippen LogP contribution < -0.4 is 0 Å². The van der Waals surface area contributed by atoms with Crippen molar-refractivity contribution in [2.75, 3.05) is 0 Å². The number of carboxylic acids is 1. The predicted octanol–water partition coefficient (Wildman–Crippen LogP) is 1.93. The molecule has 0 radical (unpaired) electrons. The van der Waals surface area contributed by atoms with Crippen LogP contribution in [0.3, 0.4) is 0 Å². The molecule has 1 saturated heterocycles. The smallest absolute Gasteiger partial charge is 0.455 e. The lowest BCUT2D eigenvalue weighted by atomic mass is 9.90. The minimum absolute atomic E-state index is 1.35. The highest BCUT2D eigenvalue weighted by Gasteiger charge is 2.74. The largest absolute Gasteiger partial charge is 0.477 e. The second-order valence-electron chi connectivity index (χ2n) is 4.64. The summed E-state index contributed by atoms with van der Waals surface area (Å²) in [6, 6.07) is 0. The maximum atomic E-state index is 12.7. The Morgan fingerprint density at radius 1 is 1.06 bits per heavy atom. The summed E-state index contributed by atoms with van der Waals surface area (Å²) in [4.78, 5) is 10.8. The predicted molar refractivity (Wildman–Crippen MR) is 46.7 cm³/mol. The van der Waals surface area contributed by atoms with Gasteiger partial charge in [-0.15, -0.1) is 0 Å². The third-order valence-electron chi connectivity index (χ3n) is 2.90. The van der Waals surface area contributed by atoms with Crippen molar-refractivity contribution in [3.05, 3.63) is 0 Å². The first-order valence-electron chi connectivity index (χ1n) is 4.56. The third kappa shape index (κ3) is 1.58. The molecule has 1 fully saturated rings. The highest BCUT2D eigenvalue weighted by atomic mass is 19.4. The second-order valence-corrected chi connectivity index (χ2v) is 4.64. The fraction of sp³-hybridized carbons (Fsp3) is 0.889. The van der Waals surface area contributed by atoms with Gasteiger partial charge in [0.2, 0.25) is 0 Å². The summed E-state index contributed by atoms with van der Waals surface area (Å²) in [5.41, 5.74) is -2.72. The van der Waals surface area contributed by atoms with Crippen molar-refractivity contribution in [1.29, 1.82) is 0 Å². The van der Waals surface area contributed by atoms with E-state index in [1.54, 1.807) is 0 Å². The average Bonchev–Trinajstić information content (AvgIpc) is 2.17.